The highest BCUT2D eigenvalue weighted by atomic mass is 32.1. The summed E-state index contributed by atoms with van der Waals surface area (Å²) in [5.41, 5.74) is 7.90. The fraction of sp³-hybridized carbons (Fsp3) is 0.258. The van der Waals surface area contributed by atoms with Crippen LogP contribution in [0.15, 0.2) is 73.1 Å². The van der Waals surface area contributed by atoms with Gasteiger partial charge in [0.15, 0.2) is 16.6 Å². The van der Waals surface area contributed by atoms with Gasteiger partial charge in [-0.15, -0.1) is 11.3 Å². The number of nitrogens with zero attached hydrogens (tertiary/aromatic N) is 1. The first kappa shape index (κ1) is 32.7. The molecule has 2 amide bonds. The Morgan fingerprint density at radius 2 is 1.70 bits per heavy atom. The summed E-state index contributed by atoms with van der Waals surface area (Å²) in [7, 11) is 2.90. The maximum Gasteiger partial charge on any atom is 0.304 e. The molecular formula is C31H35FN4O6S. The second-order valence-corrected chi connectivity index (χ2v) is 10.8. The molecule has 2 aromatic carbocycles. The van der Waals surface area contributed by atoms with Crippen molar-refractivity contribution in [1.82, 2.24) is 15.5 Å². The number of nitrogens with two attached hydrogens (primary N) is 1. The molecule has 1 aromatic heterocycles. The molecule has 1 heterocycles. The van der Waals surface area contributed by atoms with E-state index in [9.17, 15) is 23.9 Å². The third kappa shape index (κ3) is 8.58. The van der Waals surface area contributed by atoms with Gasteiger partial charge >= 0.3 is 5.97 Å². The normalized spacial score (nSPS) is 12.1. The third-order valence-corrected chi connectivity index (χ3v) is 7.41. The van der Waals surface area contributed by atoms with Crippen LogP contribution in [0.2, 0.25) is 0 Å². The molecule has 0 radical (unpaired) electrons. The van der Waals surface area contributed by atoms with Crippen LogP contribution in [0.1, 0.15) is 42.2 Å². The van der Waals surface area contributed by atoms with Crippen molar-refractivity contribution in [1.29, 1.82) is 0 Å². The zero-order chi connectivity index (χ0) is 31.7. The average molecular weight is 611 g/mol. The highest BCUT2D eigenvalue weighted by Gasteiger charge is 2.32. The van der Waals surface area contributed by atoms with Crippen molar-refractivity contribution >= 4 is 40.5 Å². The number of benzene rings is 2. The number of carbonyl (C=O) groups is 3. The van der Waals surface area contributed by atoms with E-state index in [2.05, 4.69) is 17.2 Å². The van der Waals surface area contributed by atoms with Crippen LogP contribution < -0.4 is 25.8 Å². The lowest BCUT2D eigenvalue weighted by Gasteiger charge is -2.30. The number of rotatable bonds is 14. The summed E-state index contributed by atoms with van der Waals surface area (Å²) in [4.78, 5) is 40.8. The summed E-state index contributed by atoms with van der Waals surface area (Å²) < 4.78 is 24.3. The van der Waals surface area contributed by atoms with Crippen LogP contribution in [0.4, 0.5) is 4.39 Å². The number of hydrogen-bond donors (Lipinski definition) is 4. The number of ether oxygens (including phenoxy) is 2. The van der Waals surface area contributed by atoms with Gasteiger partial charge in [-0.05, 0) is 43.7 Å². The first-order valence-electron chi connectivity index (χ1n) is 13.3. The van der Waals surface area contributed by atoms with Crippen LogP contribution in [0.25, 0.3) is 11.4 Å². The van der Waals surface area contributed by atoms with Crippen LogP contribution in [-0.2, 0) is 14.4 Å². The summed E-state index contributed by atoms with van der Waals surface area (Å²) in [6.07, 6.45) is -0.510. The number of halogens is 1. The molecule has 5 N–H and O–H groups in total. The quantitative estimate of drug-likeness (QED) is 0.211. The molecule has 0 saturated carbocycles. The number of carboxylic acids is 1. The minimum atomic E-state index is -1.19. The van der Waals surface area contributed by atoms with E-state index in [0.717, 1.165) is 11.3 Å². The van der Waals surface area contributed by atoms with Crippen molar-refractivity contribution in [2.45, 2.75) is 32.2 Å². The smallest absolute Gasteiger partial charge is 0.304 e. The van der Waals surface area contributed by atoms with Gasteiger partial charge in [0.2, 0.25) is 11.8 Å². The second-order valence-electron chi connectivity index (χ2n) is 9.73. The van der Waals surface area contributed by atoms with E-state index < -0.39 is 47.8 Å². The molecule has 1 atom stereocenters. The molecule has 10 nitrogen and oxygen atoms in total. The number of hydrogen-bond acceptors (Lipinski definition) is 8. The minimum absolute atomic E-state index is 0.0909. The lowest BCUT2D eigenvalue weighted by atomic mass is 9.93. The molecule has 1 unspecified atom stereocenters. The summed E-state index contributed by atoms with van der Waals surface area (Å²) in [6.45, 7) is 6.97. The number of carboxylic acid groups (broad SMARTS) is 1. The zero-order valence-corrected chi connectivity index (χ0v) is 25.2. The van der Waals surface area contributed by atoms with Crippen molar-refractivity contribution in [2.75, 3.05) is 20.8 Å². The van der Waals surface area contributed by atoms with Gasteiger partial charge in [0.25, 0.3) is 0 Å². The Morgan fingerprint density at radius 1 is 1.02 bits per heavy atom. The molecular weight excluding hydrogens is 575 g/mol. The van der Waals surface area contributed by atoms with Crippen LogP contribution >= 0.6 is 11.3 Å². The SMILES string of the molecule is C=C(N/C(NC(=O)CN(C(=O)C(CC(=O)O)c1ccc(OC)c(OC)c1)C(C)C)=C(\N)c1ccccc1)c1ccc(F)s1. The van der Waals surface area contributed by atoms with Gasteiger partial charge in [0.05, 0.1) is 37.1 Å². The third-order valence-electron chi connectivity index (χ3n) is 6.47. The summed E-state index contributed by atoms with van der Waals surface area (Å²) >= 11 is 0.871. The average Bonchev–Trinajstić information content (AvgIpc) is 3.43. The second kappa shape index (κ2) is 14.9. The maximum atomic E-state index is 13.8. The standard InChI is InChI=1S/C31H35FN4O6S/c1-18(2)36(31(40)22(16-28(38)39)21-11-12-23(41-4)24(15-21)42-5)17-27(37)35-30(29(33)20-9-7-6-8-10-20)34-19(3)25-13-14-26(32)43-25/h6-15,18,22,34H,3,16-17,33H2,1-2,4-5H3,(H,35,37)(H,38,39)/b30-29+. The molecule has 0 aliphatic carbocycles. The van der Waals surface area contributed by atoms with E-state index in [0.29, 0.717) is 33.2 Å². The number of aliphatic carboxylic acids is 1. The number of carbonyl (C=O) groups excluding carboxylic acids is 2. The van der Waals surface area contributed by atoms with Crippen molar-refractivity contribution in [3.05, 3.63) is 94.2 Å². The van der Waals surface area contributed by atoms with E-state index in [1.807, 2.05) is 6.07 Å². The van der Waals surface area contributed by atoms with Crippen molar-refractivity contribution < 1.29 is 33.4 Å². The van der Waals surface area contributed by atoms with Gasteiger partial charge in [-0.1, -0.05) is 43.0 Å². The molecule has 0 saturated heterocycles. The molecule has 0 aliphatic rings. The fourth-order valence-corrected chi connectivity index (χ4v) is 4.91. The van der Waals surface area contributed by atoms with Crippen molar-refractivity contribution in [3.63, 3.8) is 0 Å². The van der Waals surface area contributed by atoms with Crippen LogP contribution in [0.3, 0.4) is 0 Å². The Kier molecular flexibility index (Phi) is 11.3. The Balaban J connectivity index is 1.91. The molecule has 43 heavy (non-hydrogen) atoms. The molecule has 3 aromatic rings. The van der Waals surface area contributed by atoms with Crippen LogP contribution in [-0.4, -0.2) is 54.6 Å². The lowest BCUT2D eigenvalue weighted by molar-refractivity contribution is -0.144. The molecule has 0 fully saturated rings. The van der Waals surface area contributed by atoms with E-state index in [4.69, 9.17) is 15.2 Å². The Morgan fingerprint density at radius 3 is 2.26 bits per heavy atom. The first-order chi connectivity index (χ1) is 20.4. The van der Waals surface area contributed by atoms with Gasteiger partial charge in [-0.3, -0.25) is 14.4 Å². The molecule has 0 spiro atoms. The maximum absolute atomic E-state index is 13.8. The lowest BCUT2D eigenvalue weighted by Crippen LogP contribution is -2.47. The zero-order valence-electron chi connectivity index (χ0n) is 24.3. The van der Waals surface area contributed by atoms with Gasteiger partial charge < -0.3 is 35.8 Å². The number of thiophene rings is 1. The predicted octanol–water partition coefficient (Wildman–Crippen LogP) is 4.36. The highest BCUT2D eigenvalue weighted by molar-refractivity contribution is 7.11. The number of nitrogens with one attached hydrogen (secondary N) is 2. The molecule has 0 aliphatic heterocycles. The molecule has 12 heteroatoms. The Bertz CT molecular complexity index is 1500. The monoisotopic (exact) mass is 610 g/mol. The first-order valence-corrected chi connectivity index (χ1v) is 14.1. The largest absolute Gasteiger partial charge is 0.493 e. The van der Waals surface area contributed by atoms with Crippen LogP contribution in [0, 0.1) is 5.13 Å². The van der Waals surface area contributed by atoms with Crippen molar-refractivity contribution in [3.8, 4) is 11.5 Å². The van der Waals surface area contributed by atoms with E-state index in [1.54, 1.807) is 62.4 Å². The predicted molar refractivity (Wildman–Crippen MR) is 164 cm³/mol. The Hall–Kier alpha value is -4.84. The fourth-order valence-electron chi connectivity index (χ4n) is 4.26. The molecule has 228 valence electrons. The highest BCUT2D eigenvalue weighted by Crippen LogP contribution is 2.33. The summed E-state index contributed by atoms with van der Waals surface area (Å²) in [5.74, 6) is -2.61. The molecule has 3 rings (SSSR count). The summed E-state index contributed by atoms with van der Waals surface area (Å²) in [5, 5.41) is 14.9. The molecule has 0 bridgehead atoms. The van der Waals surface area contributed by atoms with Crippen molar-refractivity contribution in [2.24, 2.45) is 5.73 Å². The topological polar surface area (TPSA) is 143 Å². The van der Waals surface area contributed by atoms with Gasteiger partial charge in [0, 0.05) is 17.3 Å². The number of methoxy groups -OCH3 is 2. The van der Waals surface area contributed by atoms with E-state index in [1.165, 1.54) is 25.2 Å². The van der Waals surface area contributed by atoms with E-state index in [-0.39, 0.29) is 11.5 Å². The van der Waals surface area contributed by atoms with Crippen LogP contribution in [0.5, 0.6) is 11.5 Å². The summed E-state index contributed by atoms with van der Waals surface area (Å²) in [6, 6.07) is 16.0. The van der Waals surface area contributed by atoms with Gasteiger partial charge in [-0.2, -0.15) is 4.39 Å². The van der Waals surface area contributed by atoms with Gasteiger partial charge in [-0.25, -0.2) is 0 Å². The van der Waals surface area contributed by atoms with Gasteiger partial charge in [0.1, 0.15) is 12.4 Å². The number of amides is 2. The minimum Gasteiger partial charge on any atom is -0.493 e. The Labute approximate surface area is 253 Å². The van der Waals surface area contributed by atoms with E-state index >= 15 is 0 Å².